The zero-order valence-electron chi connectivity index (χ0n) is 14.2. The maximum atomic E-state index is 14.2. The van der Waals surface area contributed by atoms with Gasteiger partial charge in [0, 0.05) is 24.1 Å². The summed E-state index contributed by atoms with van der Waals surface area (Å²) in [5, 5.41) is 2.95. The van der Waals surface area contributed by atoms with Gasteiger partial charge in [-0.1, -0.05) is 13.8 Å². The lowest BCUT2D eigenvalue weighted by Gasteiger charge is -2.05. The number of anilines is 2. The molecule has 0 spiro atoms. The van der Waals surface area contributed by atoms with Crippen LogP contribution >= 0.6 is 0 Å². The highest BCUT2D eigenvalue weighted by Gasteiger charge is 2.16. The van der Waals surface area contributed by atoms with Gasteiger partial charge in [0.25, 0.3) is 6.01 Å². The van der Waals surface area contributed by atoms with Crippen LogP contribution in [0.2, 0.25) is 0 Å². The lowest BCUT2D eigenvalue weighted by atomic mass is 10.0. The minimum absolute atomic E-state index is 0.0139. The molecule has 1 N–H and O–H groups in total. The third kappa shape index (κ3) is 3.68. The highest BCUT2D eigenvalue weighted by atomic mass is 19.1. The van der Waals surface area contributed by atoms with E-state index >= 15 is 0 Å². The molecule has 0 saturated heterocycles. The lowest BCUT2D eigenvalue weighted by molar-refractivity contribution is -0.121. The molecular weight excluding hydrogens is 326 g/mol. The first-order chi connectivity index (χ1) is 11.8. The van der Waals surface area contributed by atoms with Crippen LogP contribution < -0.4 is 5.32 Å². The van der Waals surface area contributed by atoms with Gasteiger partial charge in [0.05, 0.1) is 0 Å². The van der Waals surface area contributed by atoms with Crippen LogP contribution in [0.1, 0.15) is 25.0 Å². The minimum atomic E-state index is -0.487. The monoisotopic (exact) mass is 344 g/mol. The molecule has 3 aromatic rings. The summed E-state index contributed by atoms with van der Waals surface area (Å²) >= 11 is 0. The van der Waals surface area contributed by atoms with Crippen LogP contribution in [-0.4, -0.2) is 10.8 Å². The Balaban J connectivity index is 1.90. The van der Waals surface area contributed by atoms with Crippen LogP contribution in [0, 0.1) is 24.5 Å². The van der Waals surface area contributed by atoms with E-state index in [1.54, 1.807) is 26.8 Å². The van der Waals surface area contributed by atoms with Crippen LogP contribution in [0.25, 0.3) is 11.1 Å². The van der Waals surface area contributed by atoms with Crippen molar-refractivity contribution in [1.82, 2.24) is 4.98 Å². The van der Waals surface area contributed by atoms with Crippen molar-refractivity contribution in [3.05, 3.63) is 53.1 Å². The van der Waals surface area contributed by atoms with Crippen molar-refractivity contribution in [2.24, 2.45) is 5.92 Å². The van der Waals surface area contributed by atoms with Crippen molar-refractivity contribution >= 4 is 28.6 Å². The molecule has 0 aliphatic carbocycles. The fourth-order valence-corrected chi connectivity index (χ4v) is 2.45. The Bertz CT molecular complexity index is 948. The number of hydrogen-bond acceptors (Lipinski definition) is 4. The summed E-state index contributed by atoms with van der Waals surface area (Å²) < 4.78 is 33.0. The van der Waals surface area contributed by atoms with Gasteiger partial charge < -0.3 is 9.73 Å². The van der Waals surface area contributed by atoms with E-state index in [0.717, 1.165) is 0 Å². The predicted octanol–water partition coefficient (Wildman–Crippen LogP) is 4.93. The molecular formula is C19H18F2N2O2. The fraction of sp³-hybridized carbons (Fsp3) is 0.263. The van der Waals surface area contributed by atoms with E-state index in [9.17, 15) is 13.6 Å². The summed E-state index contributed by atoms with van der Waals surface area (Å²) in [4.78, 5) is 16.0. The quantitative estimate of drug-likeness (QED) is 0.713. The molecule has 1 aromatic heterocycles. The molecule has 0 atom stereocenters. The first-order valence-electron chi connectivity index (χ1n) is 7.98. The van der Waals surface area contributed by atoms with Gasteiger partial charge in [0.2, 0.25) is 0 Å². The average Bonchev–Trinajstić information content (AvgIpc) is 2.91. The summed E-state index contributed by atoms with van der Waals surface area (Å²) in [5.41, 5.74) is 2.35. The Morgan fingerprint density at radius 2 is 2.00 bits per heavy atom. The van der Waals surface area contributed by atoms with Crippen LogP contribution in [-0.2, 0) is 11.2 Å². The molecule has 0 aliphatic heterocycles. The summed E-state index contributed by atoms with van der Waals surface area (Å²) in [6, 6.07) is 7.22. The number of fused-ring (bicyclic) bond motifs is 1. The molecule has 0 aliphatic rings. The number of oxazole rings is 1. The third-order valence-electron chi connectivity index (χ3n) is 4.00. The number of aromatic nitrogens is 1. The summed E-state index contributed by atoms with van der Waals surface area (Å²) in [7, 11) is 0. The Morgan fingerprint density at radius 3 is 2.68 bits per heavy atom. The van der Waals surface area contributed by atoms with Crippen molar-refractivity contribution in [2.45, 2.75) is 27.2 Å². The van der Waals surface area contributed by atoms with Gasteiger partial charge in [-0.15, -0.1) is 0 Å². The highest BCUT2D eigenvalue weighted by molar-refractivity contribution is 5.84. The minimum Gasteiger partial charge on any atom is -0.423 e. The number of hydrogen-bond donors (Lipinski definition) is 1. The SMILES string of the molecule is Cc1cc(F)ccc1Nc1nc2cc(F)c(CC(=O)C(C)C)cc2o1. The molecule has 0 amide bonds. The largest absolute Gasteiger partial charge is 0.423 e. The Kier molecular flexibility index (Phi) is 4.53. The molecule has 4 nitrogen and oxygen atoms in total. The van der Waals surface area contributed by atoms with Gasteiger partial charge >= 0.3 is 0 Å². The number of Topliss-reactive ketones (excluding diaryl/α,β-unsaturated/α-hetero) is 1. The second-order valence-electron chi connectivity index (χ2n) is 6.31. The van der Waals surface area contributed by atoms with Crippen molar-refractivity contribution in [3.8, 4) is 0 Å². The van der Waals surface area contributed by atoms with Crippen molar-refractivity contribution in [3.63, 3.8) is 0 Å². The van der Waals surface area contributed by atoms with Gasteiger partial charge in [-0.05, 0) is 42.3 Å². The fourth-order valence-electron chi connectivity index (χ4n) is 2.45. The van der Waals surface area contributed by atoms with E-state index < -0.39 is 5.82 Å². The normalized spacial score (nSPS) is 11.3. The third-order valence-corrected chi connectivity index (χ3v) is 4.00. The highest BCUT2D eigenvalue weighted by Crippen LogP contribution is 2.26. The standard InChI is InChI=1S/C19H18F2N2O2/c1-10(2)17(24)7-12-8-18-16(9-14(12)21)23-19(25-18)22-15-5-4-13(20)6-11(15)3/h4-6,8-10H,7H2,1-3H3,(H,22,23). The number of benzene rings is 2. The molecule has 3 rings (SSSR count). The number of carbonyl (C=O) groups is 1. The maximum absolute atomic E-state index is 14.2. The van der Waals surface area contributed by atoms with Gasteiger partial charge in [-0.3, -0.25) is 4.79 Å². The second-order valence-corrected chi connectivity index (χ2v) is 6.31. The molecule has 6 heteroatoms. The number of nitrogens with one attached hydrogen (secondary N) is 1. The van der Waals surface area contributed by atoms with Crippen LogP contribution in [0.4, 0.5) is 20.5 Å². The Hall–Kier alpha value is -2.76. The first-order valence-corrected chi connectivity index (χ1v) is 7.98. The smallest absolute Gasteiger partial charge is 0.300 e. The number of ketones is 1. The number of carbonyl (C=O) groups excluding carboxylic acids is 1. The summed E-state index contributed by atoms with van der Waals surface area (Å²) in [6.07, 6.45) is 0.0139. The van der Waals surface area contributed by atoms with Crippen LogP contribution in [0.15, 0.2) is 34.7 Å². The number of halogens is 2. The lowest BCUT2D eigenvalue weighted by Crippen LogP contribution is -2.11. The maximum Gasteiger partial charge on any atom is 0.300 e. The van der Waals surface area contributed by atoms with E-state index in [-0.39, 0.29) is 35.5 Å². The van der Waals surface area contributed by atoms with Gasteiger partial charge in [0.15, 0.2) is 5.58 Å². The van der Waals surface area contributed by atoms with Gasteiger partial charge in [-0.2, -0.15) is 4.98 Å². The molecule has 2 aromatic carbocycles. The molecule has 0 saturated carbocycles. The molecule has 1 heterocycles. The van der Waals surface area contributed by atoms with E-state index in [1.807, 2.05) is 0 Å². The second kappa shape index (κ2) is 6.63. The zero-order chi connectivity index (χ0) is 18.1. The van der Waals surface area contributed by atoms with E-state index in [1.165, 1.54) is 24.3 Å². The molecule has 0 radical (unpaired) electrons. The Morgan fingerprint density at radius 1 is 1.24 bits per heavy atom. The Labute approximate surface area is 143 Å². The first kappa shape index (κ1) is 17.1. The molecule has 130 valence electrons. The van der Waals surface area contributed by atoms with Crippen molar-refractivity contribution < 1.29 is 18.0 Å². The summed E-state index contributed by atoms with van der Waals surface area (Å²) in [6.45, 7) is 5.31. The molecule has 0 fully saturated rings. The van der Waals surface area contributed by atoms with Crippen LogP contribution in [0.5, 0.6) is 0 Å². The van der Waals surface area contributed by atoms with Gasteiger partial charge in [-0.25, -0.2) is 8.78 Å². The topological polar surface area (TPSA) is 55.1 Å². The predicted molar refractivity (Wildman–Crippen MR) is 91.9 cm³/mol. The van der Waals surface area contributed by atoms with Gasteiger partial charge in [0.1, 0.15) is 22.9 Å². The summed E-state index contributed by atoms with van der Waals surface area (Å²) in [5.74, 6) is -1.02. The number of aryl methyl sites for hydroxylation is 1. The van der Waals surface area contributed by atoms with Crippen molar-refractivity contribution in [2.75, 3.05) is 5.32 Å². The number of nitrogens with zero attached hydrogens (tertiary/aromatic N) is 1. The van der Waals surface area contributed by atoms with Crippen molar-refractivity contribution in [1.29, 1.82) is 0 Å². The zero-order valence-corrected chi connectivity index (χ0v) is 14.2. The molecule has 0 unspecified atom stereocenters. The average molecular weight is 344 g/mol. The van der Waals surface area contributed by atoms with E-state index in [2.05, 4.69) is 10.3 Å². The van der Waals surface area contributed by atoms with Crippen LogP contribution in [0.3, 0.4) is 0 Å². The van der Waals surface area contributed by atoms with E-state index in [4.69, 9.17) is 4.42 Å². The van der Waals surface area contributed by atoms with E-state index in [0.29, 0.717) is 22.4 Å². The number of rotatable bonds is 5. The molecule has 0 bridgehead atoms. The molecule has 25 heavy (non-hydrogen) atoms.